The summed E-state index contributed by atoms with van der Waals surface area (Å²) in [5.41, 5.74) is -15.3. The maximum Gasteiger partial charge on any atom is 0.329 e. The minimum Gasteiger partial charge on any atom is -0.415 e. The van der Waals surface area contributed by atoms with E-state index < -0.39 is 162 Å². The molecule has 1 aromatic heterocycles. The van der Waals surface area contributed by atoms with Gasteiger partial charge in [0.1, 0.15) is 0 Å². The molecule has 0 aliphatic carbocycles. The van der Waals surface area contributed by atoms with Crippen molar-refractivity contribution in [3.05, 3.63) is 60.7 Å². The number of hydrogen-bond donors (Lipinski definition) is 8. The zero-order chi connectivity index (χ0) is 38.2. The molecule has 0 amide bonds. The Bertz CT molecular complexity index is 1670. The first-order valence-corrected chi connectivity index (χ1v) is 13.8. The van der Waals surface area contributed by atoms with Crippen LogP contribution in [-0.2, 0) is 0 Å². The average molecular weight is 729 g/mol. The van der Waals surface area contributed by atoms with Crippen LogP contribution in [0.25, 0.3) is 22.9 Å². The molecule has 3 rings (SSSR count). The molecule has 274 valence electrons. The highest BCUT2D eigenvalue weighted by molar-refractivity contribution is 6.02. The molecule has 0 spiro atoms. The first-order valence-electron chi connectivity index (χ1n) is 13.8. The largest absolute Gasteiger partial charge is 0.415 e. The fourth-order valence-corrected chi connectivity index (χ4v) is 4.74. The van der Waals surface area contributed by atoms with E-state index in [1.54, 1.807) is 0 Å². The molecule has 0 radical (unpaired) electrons. The lowest BCUT2D eigenvalue weighted by atomic mass is 10.0. The van der Waals surface area contributed by atoms with Gasteiger partial charge in [-0.25, -0.2) is 0 Å². The summed E-state index contributed by atoms with van der Waals surface area (Å²) in [4.78, 5) is 66.0. The van der Waals surface area contributed by atoms with Crippen LogP contribution < -0.4 is 21.3 Å². The van der Waals surface area contributed by atoms with E-state index in [9.17, 15) is 81.1 Å². The van der Waals surface area contributed by atoms with E-state index in [-0.39, 0.29) is 0 Å². The summed E-state index contributed by atoms with van der Waals surface area (Å²) < 4.78 is 5.37. The van der Waals surface area contributed by atoms with Gasteiger partial charge < -0.3 is 46.1 Å². The lowest BCUT2D eigenvalue weighted by Gasteiger charge is -2.14. The van der Waals surface area contributed by atoms with Crippen molar-refractivity contribution in [2.24, 2.45) is 0 Å². The second kappa shape index (κ2) is 16.4. The van der Waals surface area contributed by atoms with Gasteiger partial charge in [-0.3, -0.25) is 60.7 Å². The Morgan fingerprint density at radius 3 is 0.824 bits per heavy atom. The molecule has 8 N–H and O–H groups in total. The van der Waals surface area contributed by atoms with Gasteiger partial charge in [-0.2, -0.15) is 0 Å². The molecule has 0 bridgehead atoms. The lowest BCUT2D eigenvalue weighted by molar-refractivity contribution is -0.399. The quantitative estimate of drug-likeness (QED) is 0.0578. The van der Waals surface area contributed by atoms with E-state index in [4.69, 9.17) is 4.42 Å². The van der Waals surface area contributed by atoms with Crippen LogP contribution in [0.5, 0.6) is 0 Å². The number of aliphatic hydroxyl groups excluding tert-OH is 4. The van der Waals surface area contributed by atoms with Crippen LogP contribution in [0.4, 0.5) is 56.9 Å². The topological polar surface area (TPSA) is 427 Å². The van der Waals surface area contributed by atoms with Gasteiger partial charge in [-0.1, -0.05) is 0 Å². The van der Waals surface area contributed by atoms with E-state index in [0.29, 0.717) is 0 Å². The highest BCUT2D eigenvalue weighted by Crippen LogP contribution is 2.56. The Hall–Kier alpha value is -6.98. The minimum atomic E-state index is -1.48. The molecule has 0 saturated heterocycles. The van der Waals surface area contributed by atoms with Crippen LogP contribution in [0.3, 0.4) is 0 Å². The molecule has 0 aliphatic rings. The molecule has 0 unspecified atom stereocenters. The monoisotopic (exact) mass is 728 g/mol. The fourth-order valence-electron chi connectivity index (χ4n) is 4.74. The number of aromatic nitrogens is 2. The molecule has 3 aromatic rings. The smallest absolute Gasteiger partial charge is 0.329 e. The molecule has 51 heavy (non-hydrogen) atoms. The van der Waals surface area contributed by atoms with Crippen molar-refractivity contribution in [3.8, 4) is 22.9 Å². The summed E-state index contributed by atoms with van der Waals surface area (Å²) in [6.45, 7) is -5.56. The SMILES string of the molecule is O=[N+]([O-])c1c(NCCO)c([N+](=O)[O-])c(-c2nnc(-c3c([N+](=O)[O-])c(NCCO)c([N+](=O)[O-])c(NCCO)c3[N+](=O)[O-])o2)c([N+](=O)[O-])c1NCCO. The van der Waals surface area contributed by atoms with Crippen LogP contribution in [0.15, 0.2) is 4.42 Å². The molecule has 0 fully saturated rings. The molecule has 1 heterocycles. The van der Waals surface area contributed by atoms with Crippen molar-refractivity contribution < 1.29 is 54.4 Å². The molecule has 0 atom stereocenters. The highest BCUT2D eigenvalue weighted by atomic mass is 16.7. The third kappa shape index (κ3) is 7.53. The Kier molecular flexibility index (Phi) is 12.4. The van der Waals surface area contributed by atoms with Gasteiger partial charge in [-0.15, -0.1) is 10.2 Å². The number of nitro groups is 6. The van der Waals surface area contributed by atoms with Gasteiger partial charge >= 0.3 is 34.1 Å². The second-order valence-corrected chi connectivity index (χ2v) is 9.40. The molecular weight excluding hydrogens is 704 g/mol. The van der Waals surface area contributed by atoms with Crippen LogP contribution in [-0.4, -0.2) is 113 Å². The number of nitrogens with zero attached hydrogens (tertiary/aromatic N) is 8. The normalized spacial score (nSPS) is 10.7. The predicted molar refractivity (Wildman–Crippen MR) is 167 cm³/mol. The van der Waals surface area contributed by atoms with Gasteiger partial charge in [0.05, 0.1) is 56.0 Å². The van der Waals surface area contributed by atoms with Crippen molar-refractivity contribution in [2.75, 3.05) is 73.9 Å². The van der Waals surface area contributed by atoms with Gasteiger partial charge in [-0.05, 0) is 0 Å². The average Bonchev–Trinajstić information content (AvgIpc) is 3.55. The maximum atomic E-state index is 12.4. The third-order valence-electron chi connectivity index (χ3n) is 6.44. The zero-order valence-electron chi connectivity index (χ0n) is 25.3. The molecule has 29 heteroatoms. The fraction of sp³-hybridized carbons (Fsp3) is 0.364. The van der Waals surface area contributed by atoms with E-state index in [1.807, 2.05) is 0 Å². The Morgan fingerprint density at radius 1 is 0.431 bits per heavy atom. The van der Waals surface area contributed by atoms with Gasteiger partial charge in [0.25, 0.3) is 11.8 Å². The van der Waals surface area contributed by atoms with E-state index in [1.165, 1.54) is 0 Å². The van der Waals surface area contributed by atoms with Gasteiger partial charge in [0.2, 0.25) is 0 Å². The van der Waals surface area contributed by atoms with E-state index >= 15 is 0 Å². The number of benzene rings is 2. The summed E-state index contributed by atoms with van der Waals surface area (Å²) in [6, 6.07) is 0. The second-order valence-electron chi connectivity index (χ2n) is 9.40. The Balaban J connectivity index is 2.66. The van der Waals surface area contributed by atoms with Crippen molar-refractivity contribution in [2.45, 2.75) is 0 Å². The van der Waals surface area contributed by atoms with Crippen LogP contribution >= 0.6 is 0 Å². The molecule has 29 nitrogen and oxygen atoms in total. The van der Waals surface area contributed by atoms with Gasteiger partial charge in [0.15, 0.2) is 33.9 Å². The van der Waals surface area contributed by atoms with Crippen LogP contribution in [0, 0.1) is 60.7 Å². The van der Waals surface area contributed by atoms with Crippen LogP contribution in [0.1, 0.15) is 0 Å². The summed E-state index contributed by atoms with van der Waals surface area (Å²) in [6.07, 6.45) is 0. The number of aliphatic hydroxyl groups is 4. The summed E-state index contributed by atoms with van der Waals surface area (Å²) in [5, 5.41) is 127. The van der Waals surface area contributed by atoms with Crippen molar-refractivity contribution >= 4 is 56.9 Å². The summed E-state index contributed by atoms with van der Waals surface area (Å²) >= 11 is 0. The number of nitrogens with one attached hydrogen (secondary N) is 4. The third-order valence-corrected chi connectivity index (χ3v) is 6.44. The van der Waals surface area contributed by atoms with E-state index in [2.05, 4.69) is 31.5 Å². The standard InChI is InChI=1S/C22H24N12O17/c35-5-1-23-11-15(29(39)40)9(16(30(41)42)12(24-2-6-36)19(11)33(47)48)21-27-28-22(51-21)10-17(31(43)44)13(25-3-7-37)20(34(49)50)14(26-4-8-38)18(10)32(45)46/h23-26,35-38H,1-8H2. The number of anilines is 4. The summed E-state index contributed by atoms with van der Waals surface area (Å²) in [5.74, 6) is -2.57. The maximum absolute atomic E-state index is 12.4. The number of hydrogen-bond acceptors (Lipinski definition) is 23. The lowest BCUT2D eigenvalue weighted by Crippen LogP contribution is -2.16. The molecule has 0 aliphatic heterocycles. The minimum absolute atomic E-state index is 0.609. The zero-order valence-corrected chi connectivity index (χ0v) is 25.3. The first kappa shape index (κ1) is 38.5. The molecule has 0 saturated carbocycles. The number of nitro benzene ring substituents is 6. The van der Waals surface area contributed by atoms with Crippen molar-refractivity contribution in [1.82, 2.24) is 10.2 Å². The number of rotatable bonds is 20. The predicted octanol–water partition coefficient (Wildman–Crippen LogP) is 0.470. The first-order chi connectivity index (χ1) is 24.2. The van der Waals surface area contributed by atoms with Crippen molar-refractivity contribution in [1.29, 1.82) is 0 Å². The molecule has 2 aromatic carbocycles. The van der Waals surface area contributed by atoms with Gasteiger partial charge in [0, 0.05) is 26.2 Å². The van der Waals surface area contributed by atoms with Crippen molar-refractivity contribution in [3.63, 3.8) is 0 Å². The molecular formula is C22H24N12O17. The summed E-state index contributed by atoms with van der Waals surface area (Å²) in [7, 11) is 0. The highest BCUT2D eigenvalue weighted by Gasteiger charge is 2.48. The van der Waals surface area contributed by atoms with E-state index in [0.717, 1.165) is 0 Å². The van der Waals surface area contributed by atoms with Crippen LogP contribution in [0.2, 0.25) is 0 Å². The Labute approximate surface area is 279 Å². The Morgan fingerprint density at radius 2 is 0.647 bits per heavy atom.